The standard InChI is InChI=1S/C33H36BNO2/c1-3-5-21-33(22-6-4-2)31-23-25(34(36)37)17-19-29(31)30-20-18-28(24-32(30)33)35(26-13-9-7-10-14-26)27-15-11-8-12-16-27/h7-20,23-24,36-37H,3-6,21-22H2,1-2H3. The predicted molar refractivity (Wildman–Crippen MR) is 156 cm³/mol. The summed E-state index contributed by atoms with van der Waals surface area (Å²) in [6, 6.07) is 34.0. The van der Waals surface area contributed by atoms with Gasteiger partial charge in [0, 0.05) is 22.5 Å². The molecule has 5 rings (SSSR count). The Balaban J connectivity index is 1.72. The summed E-state index contributed by atoms with van der Waals surface area (Å²) in [6.07, 6.45) is 6.60. The summed E-state index contributed by atoms with van der Waals surface area (Å²) < 4.78 is 0. The van der Waals surface area contributed by atoms with E-state index in [4.69, 9.17) is 0 Å². The van der Waals surface area contributed by atoms with Gasteiger partial charge in [0.2, 0.25) is 0 Å². The van der Waals surface area contributed by atoms with E-state index in [1.165, 1.54) is 22.3 Å². The number of nitrogens with zero attached hydrogens (tertiary/aromatic N) is 1. The number of benzene rings is 4. The van der Waals surface area contributed by atoms with Crippen molar-refractivity contribution in [2.24, 2.45) is 0 Å². The zero-order valence-corrected chi connectivity index (χ0v) is 21.9. The van der Waals surface area contributed by atoms with Crippen LogP contribution >= 0.6 is 0 Å². The smallest absolute Gasteiger partial charge is 0.423 e. The van der Waals surface area contributed by atoms with Crippen LogP contribution in [0.15, 0.2) is 97.1 Å². The molecule has 37 heavy (non-hydrogen) atoms. The van der Waals surface area contributed by atoms with Gasteiger partial charge in [0.1, 0.15) is 0 Å². The van der Waals surface area contributed by atoms with Gasteiger partial charge in [-0.05, 0) is 77.0 Å². The SMILES string of the molecule is CCCCC1(CCCC)c2cc(B(O)O)ccc2-c2ccc(N(c3ccccc3)c3ccccc3)cc21. The summed E-state index contributed by atoms with van der Waals surface area (Å²) >= 11 is 0. The van der Waals surface area contributed by atoms with Crippen molar-refractivity contribution >= 4 is 29.6 Å². The lowest BCUT2D eigenvalue weighted by molar-refractivity contribution is 0.413. The zero-order chi connectivity index (χ0) is 25.8. The monoisotopic (exact) mass is 489 g/mol. The van der Waals surface area contributed by atoms with E-state index in [1.807, 2.05) is 6.07 Å². The molecule has 0 aliphatic heterocycles. The van der Waals surface area contributed by atoms with E-state index in [-0.39, 0.29) is 5.41 Å². The van der Waals surface area contributed by atoms with E-state index < -0.39 is 7.12 Å². The van der Waals surface area contributed by atoms with Crippen LogP contribution in [-0.2, 0) is 5.41 Å². The Labute approximate surface area is 221 Å². The van der Waals surface area contributed by atoms with E-state index in [9.17, 15) is 10.0 Å². The Morgan fingerprint density at radius 1 is 0.622 bits per heavy atom. The van der Waals surface area contributed by atoms with Gasteiger partial charge in [-0.15, -0.1) is 0 Å². The maximum atomic E-state index is 10.0. The van der Waals surface area contributed by atoms with Gasteiger partial charge in [-0.3, -0.25) is 0 Å². The lowest BCUT2D eigenvalue weighted by atomic mass is 9.69. The summed E-state index contributed by atoms with van der Waals surface area (Å²) in [5.74, 6) is 0. The van der Waals surface area contributed by atoms with E-state index in [0.717, 1.165) is 55.6 Å². The van der Waals surface area contributed by atoms with Crippen molar-refractivity contribution in [3.8, 4) is 11.1 Å². The first-order chi connectivity index (χ1) is 18.1. The third-order valence-electron chi connectivity index (χ3n) is 7.87. The van der Waals surface area contributed by atoms with Crippen LogP contribution in [0.4, 0.5) is 17.1 Å². The maximum absolute atomic E-state index is 10.0. The molecule has 4 heteroatoms. The van der Waals surface area contributed by atoms with Gasteiger partial charge < -0.3 is 14.9 Å². The van der Waals surface area contributed by atoms with Gasteiger partial charge in [0.15, 0.2) is 0 Å². The molecule has 0 atom stereocenters. The summed E-state index contributed by atoms with van der Waals surface area (Å²) in [6.45, 7) is 4.50. The van der Waals surface area contributed by atoms with Crippen LogP contribution in [0.3, 0.4) is 0 Å². The number of unbranched alkanes of at least 4 members (excludes halogenated alkanes) is 2. The Morgan fingerprint density at radius 2 is 1.14 bits per heavy atom. The summed E-state index contributed by atoms with van der Waals surface area (Å²) in [7, 11) is -1.47. The van der Waals surface area contributed by atoms with Gasteiger partial charge in [0.05, 0.1) is 0 Å². The first-order valence-corrected chi connectivity index (χ1v) is 13.6. The normalized spacial score (nSPS) is 13.2. The molecule has 1 aliphatic rings. The first kappa shape index (κ1) is 25.3. The van der Waals surface area contributed by atoms with Crippen molar-refractivity contribution in [3.05, 3.63) is 108 Å². The zero-order valence-electron chi connectivity index (χ0n) is 21.9. The van der Waals surface area contributed by atoms with Crippen LogP contribution in [0.5, 0.6) is 0 Å². The minimum atomic E-state index is -1.47. The minimum Gasteiger partial charge on any atom is -0.423 e. The maximum Gasteiger partial charge on any atom is 0.488 e. The second-order valence-corrected chi connectivity index (χ2v) is 10.2. The molecule has 0 aromatic heterocycles. The van der Waals surface area contributed by atoms with Crippen LogP contribution in [0.25, 0.3) is 11.1 Å². The van der Waals surface area contributed by atoms with E-state index in [1.54, 1.807) is 0 Å². The van der Waals surface area contributed by atoms with Crippen LogP contribution in [0.1, 0.15) is 63.5 Å². The summed E-state index contributed by atoms with van der Waals surface area (Å²) in [5.41, 5.74) is 8.93. The van der Waals surface area contributed by atoms with E-state index in [2.05, 4.69) is 110 Å². The van der Waals surface area contributed by atoms with Crippen molar-refractivity contribution in [2.45, 2.75) is 57.8 Å². The highest BCUT2D eigenvalue weighted by Crippen LogP contribution is 2.55. The Bertz CT molecular complexity index is 1290. The van der Waals surface area contributed by atoms with Crippen LogP contribution < -0.4 is 10.4 Å². The second-order valence-electron chi connectivity index (χ2n) is 10.2. The van der Waals surface area contributed by atoms with Crippen LogP contribution in [0.2, 0.25) is 0 Å². The molecule has 0 saturated carbocycles. The van der Waals surface area contributed by atoms with Gasteiger partial charge in [0.25, 0.3) is 0 Å². The molecule has 0 bridgehead atoms. The van der Waals surface area contributed by atoms with Crippen LogP contribution in [0, 0.1) is 0 Å². The van der Waals surface area contributed by atoms with Crippen molar-refractivity contribution in [1.82, 2.24) is 0 Å². The molecule has 0 spiro atoms. The highest BCUT2D eigenvalue weighted by atomic mass is 16.4. The average molecular weight is 489 g/mol. The highest BCUT2D eigenvalue weighted by Gasteiger charge is 2.43. The van der Waals surface area contributed by atoms with E-state index in [0.29, 0.717) is 5.46 Å². The van der Waals surface area contributed by atoms with Crippen molar-refractivity contribution < 1.29 is 10.0 Å². The molecule has 0 saturated heterocycles. The van der Waals surface area contributed by atoms with Crippen molar-refractivity contribution in [1.29, 1.82) is 0 Å². The molecular formula is C33H36BNO2. The lowest BCUT2D eigenvalue weighted by Crippen LogP contribution is -2.32. The molecule has 0 unspecified atom stereocenters. The van der Waals surface area contributed by atoms with Crippen molar-refractivity contribution in [3.63, 3.8) is 0 Å². The quantitative estimate of drug-likeness (QED) is 0.227. The molecule has 0 radical (unpaired) electrons. The predicted octanol–water partition coefficient (Wildman–Crippen LogP) is 7.48. The molecule has 1 aliphatic carbocycles. The Hall–Kier alpha value is -3.34. The molecule has 3 nitrogen and oxygen atoms in total. The number of hydrogen-bond donors (Lipinski definition) is 2. The highest BCUT2D eigenvalue weighted by molar-refractivity contribution is 6.58. The Kier molecular flexibility index (Phi) is 7.50. The topological polar surface area (TPSA) is 43.7 Å². The fourth-order valence-corrected chi connectivity index (χ4v) is 6.02. The molecule has 0 amide bonds. The molecule has 0 fully saturated rings. The van der Waals surface area contributed by atoms with Crippen molar-refractivity contribution in [2.75, 3.05) is 4.90 Å². The number of fused-ring (bicyclic) bond motifs is 3. The molecule has 2 N–H and O–H groups in total. The molecule has 4 aromatic carbocycles. The third kappa shape index (κ3) is 4.72. The fourth-order valence-electron chi connectivity index (χ4n) is 6.02. The largest absolute Gasteiger partial charge is 0.488 e. The molecular weight excluding hydrogens is 453 g/mol. The van der Waals surface area contributed by atoms with Gasteiger partial charge in [-0.1, -0.05) is 100 Å². The van der Waals surface area contributed by atoms with Gasteiger partial charge in [-0.2, -0.15) is 0 Å². The number of hydrogen-bond acceptors (Lipinski definition) is 3. The molecule has 188 valence electrons. The summed E-state index contributed by atoms with van der Waals surface area (Å²) in [4.78, 5) is 2.33. The minimum absolute atomic E-state index is 0.142. The number of rotatable bonds is 10. The molecule has 4 aromatic rings. The second kappa shape index (κ2) is 11.0. The van der Waals surface area contributed by atoms with Gasteiger partial charge in [-0.25, -0.2) is 0 Å². The van der Waals surface area contributed by atoms with Gasteiger partial charge >= 0.3 is 7.12 Å². The molecule has 0 heterocycles. The third-order valence-corrected chi connectivity index (χ3v) is 7.87. The average Bonchev–Trinajstić information content (AvgIpc) is 3.20. The number of anilines is 3. The fraction of sp³-hybridized carbons (Fsp3) is 0.273. The van der Waals surface area contributed by atoms with E-state index >= 15 is 0 Å². The Morgan fingerprint density at radius 3 is 1.65 bits per heavy atom. The van der Waals surface area contributed by atoms with Crippen LogP contribution in [-0.4, -0.2) is 17.2 Å². The first-order valence-electron chi connectivity index (χ1n) is 13.6. The number of para-hydroxylation sites is 2. The lowest BCUT2D eigenvalue weighted by Gasteiger charge is -2.34. The summed E-state index contributed by atoms with van der Waals surface area (Å²) in [5, 5.41) is 20.0.